The fourth-order valence-corrected chi connectivity index (χ4v) is 3.20. The minimum atomic E-state index is -4.37. The lowest BCUT2D eigenvalue weighted by atomic mass is 10.2. The highest BCUT2D eigenvalue weighted by molar-refractivity contribution is 5.76. The van der Waals surface area contributed by atoms with Crippen LogP contribution in [0.5, 0.6) is 0 Å². The monoisotopic (exact) mass is 404 g/mol. The number of carbonyl (C=O) groups excluding carboxylic acids is 1. The molecule has 10 heteroatoms. The maximum atomic E-state index is 12.7. The van der Waals surface area contributed by atoms with Crippen LogP contribution in [0.3, 0.4) is 0 Å². The average Bonchev–Trinajstić information content (AvgIpc) is 2.98. The number of nitrogens with zero attached hydrogens (tertiary/aromatic N) is 4. The standard InChI is InChI=1S/C19H19F3N6O/c20-19(21,22)13-4-6-14(7-5-13)24-18-25-16-3-1-2-15(28(16)26-18)12-27-10-8-17(29)23-9-11-27/h1-7H,8-12H2,(H,23,29)(H,24,26). The van der Waals surface area contributed by atoms with Gasteiger partial charge in [0, 0.05) is 38.3 Å². The molecule has 3 aromatic rings. The second-order valence-electron chi connectivity index (χ2n) is 6.80. The molecular formula is C19H19F3N6O. The molecule has 0 radical (unpaired) electrons. The summed E-state index contributed by atoms with van der Waals surface area (Å²) in [5.74, 6) is 0.347. The summed E-state index contributed by atoms with van der Waals surface area (Å²) in [6.45, 7) is 2.61. The van der Waals surface area contributed by atoms with Crippen LogP contribution in [0.15, 0.2) is 42.5 Å². The molecule has 0 saturated carbocycles. The van der Waals surface area contributed by atoms with Gasteiger partial charge in [0.1, 0.15) is 0 Å². The van der Waals surface area contributed by atoms with Gasteiger partial charge >= 0.3 is 6.18 Å². The van der Waals surface area contributed by atoms with E-state index in [0.29, 0.717) is 43.3 Å². The molecule has 4 rings (SSSR count). The Morgan fingerprint density at radius 2 is 1.90 bits per heavy atom. The van der Waals surface area contributed by atoms with Crippen molar-refractivity contribution in [3.8, 4) is 0 Å². The Labute approximate surface area is 164 Å². The van der Waals surface area contributed by atoms with Gasteiger partial charge in [-0.2, -0.15) is 18.2 Å². The maximum absolute atomic E-state index is 12.7. The van der Waals surface area contributed by atoms with Crippen molar-refractivity contribution in [2.24, 2.45) is 0 Å². The molecule has 29 heavy (non-hydrogen) atoms. The summed E-state index contributed by atoms with van der Waals surface area (Å²) in [7, 11) is 0. The molecule has 1 aliphatic rings. The third-order valence-corrected chi connectivity index (χ3v) is 4.70. The van der Waals surface area contributed by atoms with Crippen LogP contribution in [0.2, 0.25) is 0 Å². The molecule has 0 bridgehead atoms. The van der Waals surface area contributed by atoms with E-state index in [2.05, 4.69) is 25.6 Å². The Bertz CT molecular complexity index is 1010. The van der Waals surface area contributed by atoms with Crippen molar-refractivity contribution in [3.05, 3.63) is 53.7 Å². The van der Waals surface area contributed by atoms with Gasteiger partial charge in [-0.15, -0.1) is 5.10 Å². The minimum Gasteiger partial charge on any atom is -0.355 e. The topological polar surface area (TPSA) is 74.6 Å². The van der Waals surface area contributed by atoms with Gasteiger partial charge in [0.2, 0.25) is 11.9 Å². The number of hydrogen-bond donors (Lipinski definition) is 2. The van der Waals surface area contributed by atoms with Crippen molar-refractivity contribution in [2.75, 3.05) is 25.0 Å². The van der Waals surface area contributed by atoms with Crippen LogP contribution in [0.4, 0.5) is 24.8 Å². The molecule has 0 spiro atoms. The number of rotatable bonds is 4. The molecule has 0 atom stereocenters. The number of alkyl halides is 3. The minimum absolute atomic E-state index is 0.0505. The first-order valence-corrected chi connectivity index (χ1v) is 9.16. The van der Waals surface area contributed by atoms with E-state index in [4.69, 9.17) is 0 Å². The molecule has 2 N–H and O–H groups in total. The maximum Gasteiger partial charge on any atom is 0.416 e. The Balaban J connectivity index is 1.52. The summed E-state index contributed by atoms with van der Waals surface area (Å²) in [5, 5.41) is 10.2. The molecular weight excluding hydrogens is 385 g/mol. The molecule has 1 aromatic carbocycles. The van der Waals surface area contributed by atoms with Gasteiger partial charge < -0.3 is 10.6 Å². The molecule has 7 nitrogen and oxygen atoms in total. The molecule has 2 aromatic heterocycles. The van der Waals surface area contributed by atoms with E-state index in [1.807, 2.05) is 18.2 Å². The highest BCUT2D eigenvalue weighted by Gasteiger charge is 2.30. The molecule has 0 aliphatic carbocycles. The molecule has 1 fully saturated rings. The summed E-state index contributed by atoms with van der Waals surface area (Å²) in [5.41, 5.74) is 1.29. The third kappa shape index (κ3) is 4.48. The first-order chi connectivity index (χ1) is 13.9. The number of aromatic nitrogens is 3. The van der Waals surface area contributed by atoms with Crippen LogP contribution in [0.25, 0.3) is 5.65 Å². The van der Waals surface area contributed by atoms with E-state index < -0.39 is 11.7 Å². The highest BCUT2D eigenvalue weighted by atomic mass is 19.4. The van der Waals surface area contributed by atoms with Crippen molar-refractivity contribution in [1.82, 2.24) is 24.8 Å². The largest absolute Gasteiger partial charge is 0.416 e. The number of halogens is 3. The number of benzene rings is 1. The van der Waals surface area contributed by atoms with E-state index in [0.717, 1.165) is 24.4 Å². The Morgan fingerprint density at radius 3 is 2.66 bits per heavy atom. The number of hydrogen-bond acceptors (Lipinski definition) is 5. The van der Waals surface area contributed by atoms with Gasteiger partial charge in [-0.05, 0) is 36.4 Å². The summed E-state index contributed by atoms with van der Waals surface area (Å²) in [4.78, 5) is 18.1. The molecule has 152 valence electrons. The molecule has 0 unspecified atom stereocenters. The quantitative estimate of drug-likeness (QED) is 0.700. The predicted molar refractivity (Wildman–Crippen MR) is 101 cm³/mol. The van der Waals surface area contributed by atoms with Crippen molar-refractivity contribution >= 4 is 23.2 Å². The van der Waals surface area contributed by atoms with E-state index in [1.165, 1.54) is 12.1 Å². The average molecular weight is 404 g/mol. The molecule has 1 amide bonds. The van der Waals surface area contributed by atoms with Gasteiger partial charge in [-0.3, -0.25) is 9.69 Å². The molecule has 1 aliphatic heterocycles. The van der Waals surface area contributed by atoms with Crippen LogP contribution in [0.1, 0.15) is 17.7 Å². The normalized spacial score (nSPS) is 15.9. The number of pyridine rings is 1. The second-order valence-corrected chi connectivity index (χ2v) is 6.80. The number of anilines is 2. The van der Waals surface area contributed by atoms with Gasteiger partial charge in [-0.25, -0.2) is 4.52 Å². The van der Waals surface area contributed by atoms with Crippen molar-refractivity contribution in [3.63, 3.8) is 0 Å². The van der Waals surface area contributed by atoms with Crippen molar-refractivity contribution in [1.29, 1.82) is 0 Å². The van der Waals surface area contributed by atoms with E-state index in [-0.39, 0.29) is 5.91 Å². The second kappa shape index (κ2) is 7.70. The lowest BCUT2D eigenvalue weighted by Crippen LogP contribution is -2.29. The predicted octanol–water partition coefficient (Wildman–Crippen LogP) is 2.81. The highest BCUT2D eigenvalue weighted by Crippen LogP contribution is 2.30. The van der Waals surface area contributed by atoms with Gasteiger partial charge in [-0.1, -0.05) is 6.07 Å². The number of fused-ring (bicyclic) bond motifs is 1. The lowest BCUT2D eigenvalue weighted by molar-refractivity contribution is -0.137. The number of carbonyl (C=O) groups is 1. The number of nitrogens with one attached hydrogen (secondary N) is 2. The van der Waals surface area contributed by atoms with Gasteiger partial charge in [0.15, 0.2) is 5.65 Å². The van der Waals surface area contributed by atoms with E-state index in [9.17, 15) is 18.0 Å². The Kier molecular flexibility index (Phi) is 5.10. The summed E-state index contributed by atoms with van der Waals surface area (Å²) in [6, 6.07) is 10.3. The summed E-state index contributed by atoms with van der Waals surface area (Å²) >= 11 is 0. The van der Waals surface area contributed by atoms with Crippen LogP contribution in [-0.2, 0) is 17.5 Å². The fraction of sp³-hybridized carbons (Fsp3) is 0.316. The first-order valence-electron chi connectivity index (χ1n) is 9.16. The van der Waals surface area contributed by atoms with Crippen LogP contribution >= 0.6 is 0 Å². The van der Waals surface area contributed by atoms with Gasteiger partial charge in [0.25, 0.3) is 0 Å². The van der Waals surface area contributed by atoms with Crippen LogP contribution in [0, 0.1) is 0 Å². The first kappa shape index (κ1) is 19.2. The van der Waals surface area contributed by atoms with Crippen molar-refractivity contribution < 1.29 is 18.0 Å². The van der Waals surface area contributed by atoms with Crippen LogP contribution < -0.4 is 10.6 Å². The zero-order valence-corrected chi connectivity index (χ0v) is 15.4. The number of amides is 1. The molecule has 1 saturated heterocycles. The summed E-state index contributed by atoms with van der Waals surface area (Å²) < 4.78 is 39.8. The van der Waals surface area contributed by atoms with Crippen molar-refractivity contribution in [2.45, 2.75) is 19.1 Å². The Hall–Kier alpha value is -3.14. The lowest BCUT2D eigenvalue weighted by Gasteiger charge is -2.19. The van der Waals surface area contributed by atoms with E-state index >= 15 is 0 Å². The Morgan fingerprint density at radius 1 is 1.10 bits per heavy atom. The van der Waals surface area contributed by atoms with E-state index in [1.54, 1.807) is 4.52 Å². The zero-order chi connectivity index (χ0) is 20.4. The van der Waals surface area contributed by atoms with Gasteiger partial charge in [0.05, 0.1) is 11.3 Å². The fourth-order valence-electron chi connectivity index (χ4n) is 3.20. The summed E-state index contributed by atoms with van der Waals surface area (Å²) in [6.07, 6.45) is -3.92. The SMILES string of the molecule is O=C1CCN(Cc2cccc3nc(Nc4ccc(C(F)(F)F)cc4)nn23)CCN1. The smallest absolute Gasteiger partial charge is 0.355 e. The van der Waals surface area contributed by atoms with Crippen LogP contribution in [-0.4, -0.2) is 45.0 Å². The molecule has 3 heterocycles. The third-order valence-electron chi connectivity index (χ3n) is 4.70. The zero-order valence-electron chi connectivity index (χ0n) is 15.4.